The van der Waals surface area contributed by atoms with Gasteiger partial charge in [-0.2, -0.15) is 4.98 Å². The van der Waals surface area contributed by atoms with Crippen molar-refractivity contribution in [3.8, 4) is 28.3 Å². The molecule has 0 amide bonds. The fraction of sp³-hybridized carbons (Fsp3) is 0.100. The maximum atomic E-state index is 13.6. The number of methoxy groups -OCH3 is 1. The van der Waals surface area contributed by atoms with E-state index in [2.05, 4.69) is 10.3 Å². The molecule has 4 aromatic carbocycles. The molecule has 0 aliphatic carbocycles. The molecular formula is C30H26N2O4S. The zero-order valence-corrected chi connectivity index (χ0v) is 21.3. The van der Waals surface area contributed by atoms with Gasteiger partial charge in [-0.3, -0.25) is 0 Å². The first-order chi connectivity index (χ1) is 18.0. The number of oxazole rings is 1. The highest BCUT2D eigenvalue weighted by Gasteiger charge is 2.29. The summed E-state index contributed by atoms with van der Waals surface area (Å²) >= 11 is 0. The summed E-state index contributed by atoms with van der Waals surface area (Å²) in [6, 6.07) is 31.6. The van der Waals surface area contributed by atoms with Gasteiger partial charge < -0.3 is 14.5 Å². The minimum absolute atomic E-state index is 0.0996. The highest BCUT2D eigenvalue weighted by molar-refractivity contribution is 7.91. The van der Waals surface area contributed by atoms with Gasteiger partial charge in [-0.05, 0) is 59.5 Å². The number of ether oxygens (including phenoxy) is 1. The summed E-state index contributed by atoms with van der Waals surface area (Å²) in [5.41, 5.74) is 4.62. The molecule has 186 valence electrons. The van der Waals surface area contributed by atoms with Gasteiger partial charge in [0.05, 0.1) is 12.0 Å². The third-order valence-corrected chi connectivity index (χ3v) is 7.80. The van der Waals surface area contributed by atoms with Crippen LogP contribution in [0.4, 0.5) is 5.88 Å². The van der Waals surface area contributed by atoms with Gasteiger partial charge in [0.25, 0.3) is 0 Å². The van der Waals surface area contributed by atoms with Gasteiger partial charge in [-0.1, -0.05) is 72.8 Å². The molecule has 1 heterocycles. The predicted molar refractivity (Wildman–Crippen MR) is 144 cm³/mol. The van der Waals surface area contributed by atoms with Crippen LogP contribution < -0.4 is 10.1 Å². The number of aryl methyl sites for hydroxylation is 1. The van der Waals surface area contributed by atoms with E-state index in [4.69, 9.17) is 9.15 Å². The Morgan fingerprint density at radius 1 is 0.838 bits per heavy atom. The Kier molecular flexibility index (Phi) is 6.79. The van der Waals surface area contributed by atoms with E-state index in [1.165, 1.54) is 0 Å². The molecule has 1 aromatic heterocycles. The van der Waals surface area contributed by atoms with E-state index >= 15 is 0 Å². The average molecular weight is 511 g/mol. The Hall–Kier alpha value is -4.36. The monoisotopic (exact) mass is 510 g/mol. The van der Waals surface area contributed by atoms with E-state index in [-0.39, 0.29) is 21.7 Å². The van der Waals surface area contributed by atoms with Gasteiger partial charge >= 0.3 is 0 Å². The number of hydrogen-bond acceptors (Lipinski definition) is 6. The summed E-state index contributed by atoms with van der Waals surface area (Å²) in [7, 11) is -2.29. The van der Waals surface area contributed by atoms with Gasteiger partial charge in [0.1, 0.15) is 5.75 Å². The Morgan fingerprint density at radius 3 is 2.30 bits per heavy atom. The van der Waals surface area contributed by atoms with Crippen LogP contribution in [0.25, 0.3) is 22.6 Å². The lowest BCUT2D eigenvalue weighted by Gasteiger charge is -2.12. The first-order valence-electron chi connectivity index (χ1n) is 11.8. The Labute approximate surface area is 216 Å². The Bertz CT molecular complexity index is 1640. The summed E-state index contributed by atoms with van der Waals surface area (Å²) in [4.78, 5) is 4.62. The van der Waals surface area contributed by atoms with E-state index in [9.17, 15) is 8.42 Å². The van der Waals surface area contributed by atoms with Crippen LogP contribution in [-0.2, 0) is 16.4 Å². The smallest absolute Gasteiger partial charge is 0.234 e. The molecule has 0 atom stereocenters. The lowest BCUT2D eigenvalue weighted by atomic mass is 9.99. The second kappa shape index (κ2) is 10.3. The van der Waals surface area contributed by atoms with Crippen LogP contribution >= 0.6 is 0 Å². The summed E-state index contributed by atoms with van der Waals surface area (Å²) < 4.78 is 38.6. The molecule has 0 saturated heterocycles. The van der Waals surface area contributed by atoms with Crippen LogP contribution in [0.3, 0.4) is 0 Å². The molecule has 5 rings (SSSR count). The van der Waals surface area contributed by atoms with Crippen LogP contribution in [0, 0.1) is 6.92 Å². The van der Waals surface area contributed by atoms with Crippen molar-refractivity contribution in [3.63, 3.8) is 0 Å². The summed E-state index contributed by atoms with van der Waals surface area (Å²) in [6.07, 6.45) is 0. The number of anilines is 1. The second-order valence-corrected chi connectivity index (χ2v) is 10.4. The van der Waals surface area contributed by atoms with Crippen LogP contribution in [0.1, 0.15) is 11.1 Å². The summed E-state index contributed by atoms with van der Waals surface area (Å²) in [6.45, 7) is 2.26. The highest BCUT2D eigenvalue weighted by Crippen LogP contribution is 2.34. The highest BCUT2D eigenvalue weighted by atomic mass is 32.2. The topological polar surface area (TPSA) is 81.4 Å². The maximum absolute atomic E-state index is 13.6. The number of sulfone groups is 1. The zero-order chi connectivity index (χ0) is 25.8. The molecule has 7 heteroatoms. The van der Waals surface area contributed by atoms with E-state index in [1.54, 1.807) is 37.4 Å². The normalized spacial score (nSPS) is 11.3. The van der Waals surface area contributed by atoms with Crippen molar-refractivity contribution in [1.82, 2.24) is 4.98 Å². The predicted octanol–water partition coefficient (Wildman–Crippen LogP) is 6.77. The Balaban J connectivity index is 1.55. The largest absolute Gasteiger partial charge is 0.497 e. The molecule has 0 fully saturated rings. The molecule has 0 aliphatic heterocycles. The molecule has 0 bridgehead atoms. The van der Waals surface area contributed by atoms with Crippen molar-refractivity contribution in [3.05, 3.63) is 114 Å². The van der Waals surface area contributed by atoms with Crippen LogP contribution in [0.2, 0.25) is 0 Å². The van der Waals surface area contributed by atoms with Crippen molar-refractivity contribution >= 4 is 15.7 Å². The van der Waals surface area contributed by atoms with Gasteiger partial charge in [0.15, 0.2) is 0 Å². The maximum Gasteiger partial charge on any atom is 0.234 e. The number of nitrogens with zero attached hydrogens (tertiary/aromatic N) is 1. The van der Waals surface area contributed by atoms with E-state index < -0.39 is 9.84 Å². The van der Waals surface area contributed by atoms with Crippen molar-refractivity contribution in [2.24, 2.45) is 0 Å². The average Bonchev–Trinajstić information content (AvgIpc) is 3.38. The Morgan fingerprint density at radius 2 is 1.54 bits per heavy atom. The zero-order valence-electron chi connectivity index (χ0n) is 20.5. The van der Waals surface area contributed by atoms with Crippen LogP contribution in [0.5, 0.6) is 5.75 Å². The standard InChI is InChI=1S/C30H26N2O4S/c1-21-11-6-8-17-26(21)28-32-30(37(33,34)25-15-4-3-5-16-25)29(36-28)31-20-23-12-7-9-18-27(23)22-13-10-14-24(19-22)35-2/h3-19,31H,20H2,1-2H3. The summed E-state index contributed by atoms with van der Waals surface area (Å²) in [5, 5.41) is 3.07. The fourth-order valence-electron chi connectivity index (χ4n) is 4.16. The van der Waals surface area contributed by atoms with Gasteiger partial charge in [0.2, 0.25) is 26.6 Å². The molecule has 1 N–H and O–H groups in total. The number of nitrogens with one attached hydrogen (secondary N) is 1. The molecular weight excluding hydrogens is 484 g/mol. The molecule has 37 heavy (non-hydrogen) atoms. The molecule has 5 aromatic rings. The van der Waals surface area contributed by atoms with Gasteiger partial charge in [-0.15, -0.1) is 0 Å². The minimum Gasteiger partial charge on any atom is -0.497 e. The van der Waals surface area contributed by atoms with Crippen LogP contribution in [0.15, 0.2) is 117 Å². The van der Waals surface area contributed by atoms with Crippen molar-refractivity contribution < 1.29 is 17.6 Å². The van der Waals surface area contributed by atoms with Gasteiger partial charge in [0, 0.05) is 12.1 Å². The quantitative estimate of drug-likeness (QED) is 0.248. The molecule has 0 unspecified atom stereocenters. The van der Waals surface area contributed by atoms with Gasteiger partial charge in [-0.25, -0.2) is 8.42 Å². The lowest BCUT2D eigenvalue weighted by Crippen LogP contribution is -2.08. The molecule has 0 radical (unpaired) electrons. The number of benzene rings is 4. The van der Waals surface area contributed by atoms with E-state index in [0.29, 0.717) is 6.54 Å². The molecule has 6 nitrogen and oxygen atoms in total. The summed E-state index contributed by atoms with van der Waals surface area (Å²) in [5.74, 6) is 1.10. The lowest BCUT2D eigenvalue weighted by molar-refractivity contribution is 0.415. The molecule has 0 spiro atoms. The number of aromatic nitrogens is 1. The first-order valence-corrected chi connectivity index (χ1v) is 13.3. The van der Waals surface area contributed by atoms with E-state index in [0.717, 1.165) is 33.6 Å². The number of rotatable bonds is 8. The van der Waals surface area contributed by atoms with Crippen molar-refractivity contribution in [1.29, 1.82) is 0 Å². The SMILES string of the molecule is COc1cccc(-c2ccccc2CNc2oc(-c3ccccc3C)nc2S(=O)(=O)c2ccccc2)c1. The second-order valence-electron chi connectivity index (χ2n) is 8.53. The minimum atomic E-state index is -3.93. The first kappa shape index (κ1) is 24.3. The third kappa shape index (κ3) is 4.99. The fourth-order valence-corrected chi connectivity index (χ4v) is 5.46. The molecule has 0 aliphatic rings. The van der Waals surface area contributed by atoms with E-state index in [1.807, 2.05) is 79.7 Å². The molecule has 0 saturated carbocycles. The van der Waals surface area contributed by atoms with Crippen molar-refractivity contribution in [2.45, 2.75) is 23.4 Å². The third-order valence-electron chi connectivity index (χ3n) is 6.12. The van der Waals surface area contributed by atoms with Crippen LogP contribution in [-0.4, -0.2) is 20.5 Å². The number of hydrogen-bond donors (Lipinski definition) is 1. The van der Waals surface area contributed by atoms with Crippen molar-refractivity contribution in [2.75, 3.05) is 12.4 Å².